The monoisotopic (exact) mass is 301 g/mol. The Morgan fingerprint density at radius 2 is 1.95 bits per heavy atom. The lowest BCUT2D eigenvalue weighted by atomic mass is 10.2. The topological polar surface area (TPSA) is 78.0 Å². The Balaban J connectivity index is 2.44. The second kappa shape index (κ2) is 5.24. The van der Waals surface area contributed by atoms with E-state index in [-0.39, 0.29) is 11.7 Å². The number of alkyl halides is 3. The Kier molecular flexibility index (Phi) is 3.77. The number of pyridine rings is 1. The summed E-state index contributed by atoms with van der Waals surface area (Å²) in [5, 5.41) is 4.12. The van der Waals surface area contributed by atoms with Crippen LogP contribution in [-0.4, -0.2) is 14.8 Å². The van der Waals surface area contributed by atoms with E-state index in [2.05, 4.69) is 15.5 Å². The van der Waals surface area contributed by atoms with Gasteiger partial charge in [0.1, 0.15) is 11.5 Å². The minimum atomic E-state index is -4.52. The Morgan fingerprint density at radius 3 is 2.43 bits per heavy atom. The van der Waals surface area contributed by atoms with Gasteiger partial charge in [-0.25, -0.2) is 5.84 Å². The van der Waals surface area contributed by atoms with Crippen LogP contribution in [-0.2, 0) is 13.2 Å². The fourth-order valence-electron chi connectivity index (χ4n) is 1.80. The number of aromatic nitrogens is 3. The smallest absolute Gasteiger partial charge is 0.416 e. The quantitative estimate of drug-likeness (QED) is 0.673. The van der Waals surface area contributed by atoms with Crippen LogP contribution in [0.5, 0.6) is 11.6 Å². The molecule has 0 radical (unpaired) electrons. The minimum Gasteiger partial charge on any atom is -0.435 e. The molecule has 0 unspecified atom stereocenters. The molecule has 6 nitrogen and oxygen atoms in total. The van der Waals surface area contributed by atoms with Crippen LogP contribution in [0.2, 0.25) is 0 Å². The summed E-state index contributed by atoms with van der Waals surface area (Å²) in [7, 11) is 1.71. The predicted molar refractivity (Wildman–Crippen MR) is 69.8 cm³/mol. The number of anilines is 1. The predicted octanol–water partition coefficient (Wildman–Crippen LogP) is 2.53. The molecule has 2 heterocycles. The summed E-state index contributed by atoms with van der Waals surface area (Å²) in [4.78, 5) is 3.86. The van der Waals surface area contributed by atoms with Crippen molar-refractivity contribution in [2.24, 2.45) is 12.9 Å². The van der Waals surface area contributed by atoms with Gasteiger partial charge in [-0.2, -0.15) is 23.3 Å². The first-order chi connectivity index (χ1) is 9.72. The van der Waals surface area contributed by atoms with Crippen molar-refractivity contribution in [2.45, 2.75) is 20.0 Å². The number of hydrogen-bond donors (Lipinski definition) is 2. The molecule has 0 aromatic carbocycles. The zero-order chi connectivity index (χ0) is 15.8. The van der Waals surface area contributed by atoms with Gasteiger partial charge in [-0.15, -0.1) is 0 Å². The van der Waals surface area contributed by atoms with E-state index in [1.807, 2.05) is 0 Å². The second-order valence-electron chi connectivity index (χ2n) is 4.45. The van der Waals surface area contributed by atoms with Crippen molar-refractivity contribution in [3.8, 4) is 11.6 Å². The van der Waals surface area contributed by atoms with Gasteiger partial charge < -0.3 is 10.2 Å². The van der Waals surface area contributed by atoms with Crippen molar-refractivity contribution in [2.75, 3.05) is 5.43 Å². The van der Waals surface area contributed by atoms with Gasteiger partial charge in [-0.3, -0.25) is 4.68 Å². The van der Waals surface area contributed by atoms with Crippen LogP contribution < -0.4 is 16.0 Å². The summed E-state index contributed by atoms with van der Waals surface area (Å²) in [6.45, 7) is 3.43. The molecule has 0 fully saturated rings. The number of nitrogens with two attached hydrogens (primary N) is 1. The van der Waals surface area contributed by atoms with E-state index in [0.717, 1.165) is 12.1 Å². The molecule has 3 N–H and O–H groups in total. The van der Waals surface area contributed by atoms with E-state index in [4.69, 9.17) is 10.6 Å². The molecule has 2 aromatic heterocycles. The van der Waals surface area contributed by atoms with E-state index in [9.17, 15) is 13.2 Å². The number of ether oxygens (including phenoxy) is 1. The molecule has 0 aliphatic carbocycles. The van der Waals surface area contributed by atoms with Gasteiger partial charge in [-0.1, -0.05) is 0 Å². The fraction of sp³-hybridized carbons (Fsp3) is 0.333. The maximum atomic E-state index is 12.8. The van der Waals surface area contributed by atoms with Gasteiger partial charge in [0.2, 0.25) is 5.88 Å². The summed E-state index contributed by atoms with van der Waals surface area (Å²) >= 11 is 0. The fourth-order valence-corrected chi connectivity index (χ4v) is 1.80. The molecule has 0 aliphatic heterocycles. The van der Waals surface area contributed by atoms with Crippen LogP contribution >= 0.6 is 0 Å². The maximum Gasteiger partial charge on any atom is 0.416 e. The lowest BCUT2D eigenvalue weighted by Gasteiger charge is -2.12. The lowest BCUT2D eigenvalue weighted by molar-refractivity contribution is -0.137. The van der Waals surface area contributed by atoms with Crippen molar-refractivity contribution in [3.05, 3.63) is 29.1 Å². The molecule has 0 amide bonds. The summed E-state index contributed by atoms with van der Waals surface area (Å²) in [6.07, 6.45) is -4.52. The summed E-state index contributed by atoms with van der Waals surface area (Å²) in [5.74, 6) is 5.15. The third kappa shape index (κ3) is 3.07. The zero-order valence-electron chi connectivity index (χ0n) is 11.6. The maximum absolute atomic E-state index is 12.8. The highest BCUT2D eigenvalue weighted by Crippen LogP contribution is 2.34. The number of rotatable bonds is 3. The molecule has 0 atom stereocenters. The molecule has 9 heteroatoms. The molecular weight excluding hydrogens is 287 g/mol. The third-order valence-corrected chi connectivity index (χ3v) is 2.93. The van der Waals surface area contributed by atoms with Gasteiger partial charge in [0.05, 0.1) is 11.3 Å². The van der Waals surface area contributed by atoms with Crippen LogP contribution in [0, 0.1) is 13.8 Å². The van der Waals surface area contributed by atoms with E-state index >= 15 is 0 Å². The first kappa shape index (κ1) is 15.1. The third-order valence-electron chi connectivity index (χ3n) is 2.93. The van der Waals surface area contributed by atoms with Gasteiger partial charge in [0.25, 0.3) is 0 Å². The highest BCUT2D eigenvalue weighted by atomic mass is 19.4. The van der Waals surface area contributed by atoms with Crippen molar-refractivity contribution < 1.29 is 17.9 Å². The Labute approximate surface area is 118 Å². The summed E-state index contributed by atoms with van der Waals surface area (Å²) < 4.78 is 45.5. The number of nitrogens with one attached hydrogen (secondary N) is 1. The molecule has 0 saturated carbocycles. The number of hydrogen-bond acceptors (Lipinski definition) is 5. The van der Waals surface area contributed by atoms with Crippen LogP contribution in [0.4, 0.5) is 19.0 Å². The normalized spacial score (nSPS) is 11.6. The highest BCUT2D eigenvalue weighted by Gasteiger charge is 2.32. The number of hydrazine groups is 1. The second-order valence-corrected chi connectivity index (χ2v) is 4.45. The average Bonchev–Trinajstić information content (AvgIpc) is 2.64. The molecule has 21 heavy (non-hydrogen) atoms. The van der Waals surface area contributed by atoms with E-state index in [0.29, 0.717) is 17.1 Å². The lowest BCUT2D eigenvalue weighted by Crippen LogP contribution is -2.12. The molecule has 0 aliphatic rings. The molecular formula is C12H14F3N5O. The van der Waals surface area contributed by atoms with Crippen LogP contribution in [0.25, 0.3) is 0 Å². The average molecular weight is 301 g/mol. The molecule has 0 saturated heterocycles. The number of nitrogens with zero attached hydrogens (tertiary/aromatic N) is 3. The van der Waals surface area contributed by atoms with Crippen molar-refractivity contribution in [1.29, 1.82) is 0 Å². The van der Waals surface area contributed by atoms with Crippen LogP contribution in [0.1, 0.15) is 17.0 Å². The Morgan fingerprint density at radius 1 is 1.29 bits per heavy atom. The van der Waals surface area contributed by atoms with Gasteiger partial charge >= 0.3 is 6.18 Å². The highest BCUT2D eigenvalue weighted by molar-refractivity contribution is 5.44. The number of halogens is 3. The van der Waals surface area contributed by atoms with Crippen molar-refractivity contribution in [3.63, 3.8) is 0 Å². The largest absolute Gasteiger partial charge is 0.435 e. The van der Waals surface area contributed by atoms with E-state index in [1.165, 1.54) is 0 Å². The van der Waals surface area contributed by atoms with Gasteiger partial charge in [0.15, 0.2) is 5.75 Å². The minimum absolute atomic E-state index is 0.140. The molecule has 2 rings (SSSR count). The first-order valence-electron chi connectivity index (χ1n) is 5.96. The van der Waals surface area contributed by atoms with Gasteiger partial charge in [-0.05, 0) is 19.9 Å². The first-order valence-corrected chi connectivity index (χ1v) is 5.96. The molecule has 0 spiro atoms. The molecule has 0 bridgehead atoms. The standard InChI is InChI=1S/C12H14F3N5O/c1-6-11(7(2)20(3)19-6)21-10-5-8(12(13,14)15)4-9(17-10)18-16/h4-5H,16H2,1-3H3,(H,17,18). The molecule has 2 aromatic rings. The van der Waals surface area contributed by atoms with E-state index < -0.39 is 11.7 Å². The number of nitrogen functional groups attached to an aromatic ring is 1. The van der Waals surface area contributed by atoms with Crippen LogP contribution in [0.3, 0.4) is 0 Å². The zero-order valence-corrected chi connectivity index (χ0v) is 11.6. The summed E-state index contributed by atoms with van der Waals surface area (Å²) in [5.41, 5.74) is 2.41. The Hall–Kier alpha value is -2.29. The van der Waals surface area contributed by atoms with Crippen molar-refractivity contribution in [1.82, 2.24) is 14.8 Å². The van der Waals surface area contributed by atoms with Crippen molar-refractivity contribution >= 4 is 5.82 Å². The SMILES string of the molecule is Cc1nn(C)c(C)c1Oc1cc(C(F)(F)F)cc(NN)n1. The van der Waals surface area contributed by atoms with Gasteiger partial charge in [0, 0.05) is 13.1 Å². The Bertz CT molecular complexity index is 666. The summed E-state index contributed by atoms with van der Waals surface area (Å²) in [6, 6.07) is 1.61. The number of aryl methyl sites for hydroxylation is 2. The van der Waals surface area contributed by atoms with E-state index in [1.54, 1.807) is 25.6 Å². The van der Waals surface area contributed by atoms with Crippen LogP contribution in [0.15, 0.2) is 12.1 Å². The molecule has 114 valence electrons.